The number of benzene rings is 3. The molecule has 0 saturated heterocycles. The first-order valence-corrected chi connectivity index (χ1v) is 7.77. The second-order valence-electron chi connectivity index (χ2n) is 5.43. The average molecular weight is 353 g/mol. The van der Waals surface area contributed by atoms with Gasteiger partial charge in [0, 0.05) is 17.3 Å². The van der Waals surface area contributed by atoms with Crippen LogP contribution in [-0.4, -0.2) is 18.1 Å². The molecule has 132 valence electrons. The predicted molar refractivity (Wildman–Crippen MR) is 95.5 cm³/mol. The largest absolute Gasteiger partial charge is 0.508 e. The summed E-state index contributed by atoms with van der Waals surface area (Å²) in [5, 5.41) is 11.9. The molecule has 0 radical (unpaired) electrons. The van der Waals surface area contributed by atoms with Crippen molar-refractivity contribution in [1.82, 2.24) is 0 Å². The summed E-state index contributed by atoms with van der Waals surface area (Å²) < 4.78 is 24.7. The topological polar surface area (TPSA) is 67.8 Å². The highest BCUT2D eigenvalue weighted by Crippen LogP contribution is 2.28. The smallest absolute Gasteiger partial charge is 0.255 e. The van der Waals surface area contributed by atoms with E-state index in [-0.39, 0.29) is 17.4 Å². The number of halogens is 1. The molecule has 0 heterocycles. The summed E-state index contributed by atoms with van der Waals surface area (Å²) in [4.78, 5) is 12.3. The molecule has 6 heteroatoms. The van der Waals surface area contributed by atoms with Crippen LogP contribution in [-0.2, 0) is 0 Å². The van der Waals surface area contributed by atoms with Crippen molar-refractivity contribution in [2.75, 3.05) is 12.4 Å². The normalized spacial score (nSPS) is 10.2. The molecular weight excluding hydrogens is 337 g/mol. The first-order chi connectivity index (χ1) is 12.5. The van der Waals surface area contributed by atoms with Gasteiger partial charge in [-0.25, -0.2) is 4.39 Å². The molecule has 0 fully saturated rings. The maximum Gasteiger partial charge on any atom is 0.255 e. The molecule has 3 rings (SSSR count). The lowest BCUT2D eigenvalue weighted by Crippen LogP contribution is -2.12. The average Bonchev–Trinajstić information content (AvgIpc) is 2.65. The van der Waals surface area contributed by atoms with Crippen molar-refractivity contribution in [2.45, 2.75) is 0 Å². The second kappa shape index (κ2) is 7.57. The summed E-state index contributed by atoms with van der Waals surface area (Å²) >= 11 is 0. The molecule has 0 atom stereocenters. The number of anilines is 1. The minimum Gasteiger partial charge on any atom is -0.508 e. The molecule has 3 aromatic carbocycles. The fraction of sp³-hybridized carbons (Fsp3) is 0.0500. The molecule has 0 spiro atoms. The third-order valence-electron chi connectivity index (χ3n) is 3.59. The van der Waals surface area contributed by atoms with Crippen molar-refractivity contribution in [3.63, 3.8) is 0 Å². The van der Waals surface area contributed by atoms with Crippen molar-refractivity contribution in [2.24, 2.45) is 0 Å². The van der Waals surface area contributed by atoms with Gasteiger partial charge in [-0.2, -0.15) is 0 Å². The Balaban J connectivity index is 1.72. The van der Waals surface area contributed by atoms with E-state index >= 15 is 0 Å². The molecule has 0 aromatic heterocycles. The third-order valence-corrected chi connectivity index (χ3v) is 3.59. The van der Waals surface area contributed by atoms with Gasteiger partial charge in [0.05, 0.1) is 7.11 Å². The van der Waals surface area contributed by atoms with Crippen LogP contribution in [0.25, 0.3) is 0 Å². The summed E-state index contributed by atoms with van der Waals surface area (Å²) in [6.45, 7) is 0. The van der Waals surface area contributed by atoms with E-state index in [0.29, 0.717) is 22.7 Å². The lowest BCUT2D eigenvalue weighted by molar-refractivity contribution is 0.102. The zero-order chi connectivity index (χ0) is 18.5. The summed E-state index contributed by atoms with van der Waals surface area (Å²) in [7, 11) is 1.51. The van der Waals surface area contributed by atoms with Gasteiger partial charge in [0.2, 0.25) is 0 Å². The Morgan fingerprint density at radius 1 is 1.00 bits per heavy atom. The van der Waals surface area contributed by atoms with Crippen molar-refractivity contribution >= 4 is 11.6 Å². The molecule has 0 aliphatic heterocycles. The molecule has 1 amide bonds. The van der Waals surface area contributed by atoms with Gasteiger partial charge >= 0.3 is 0 Å². The predicted octanol–water partition coefficient (Wildman–Crippen LogP) is 4.58. The fourth-order valence-corrected chi connectivity index (χ4v) is 2.27. The molecule has 0 unspecified atom stereocenters. The highest BCUT2D eigenvalue weighted by molar-refractivity contribution is 6.04. The van der Waals surface area contributed by atoms with Crippen LogP contribution in [0.3, 0.4) is 0 Å². The van der Waals surface area contributed by atoms with Crippen LogP contribution in [0.5, 0.6) is 23.0 Å². The number of ether oxygens (including phenoxy) is 2. The highest BCUT2D eigenvalue weighted by Gasteiger charge is 2.10. The molecule has 0 aliphatic rings. The lowest BCUT2D eigenvalue weighted by Gasteiger charge is -2.10. The number of nitrogens with one attached hydrogen (secondary N) is 1. The highest BCUT2D eigenvalue weighted by atomic mass is 19.1. The Morgan fingerprint density at radius 3 is 2.46 bits per heavy atom. The Labute approximate surface area is 149 Å². The molecule has 0 saturated carbocycles. The quantitative estimate of drug-likeness (QED) is 0.704. The van der Waals surface area contributed by atoms with Gasteiger partial charge in [-0.1, -0.05) is 6.07 Å². The van der Waals surface area contributed by atoms with Crippen molar-refractivity contribution < 1.29 is 23.8 Å². The van der Waals surface area contributed by atoms with Gasteiger partial charge in [-0.3, -0.25) is 4.79 Å². The summed E-state index contributed by atoms with van der Waals surface area (Å²) in [6, 6.07) is 16.7. The van der Waals surface area contributed by atoms with E-state index in [1.54, 1.807) is 24.3 Å². The molecule has 5 nitrogen and oxygen atoms in total. The summed E-state index contributed by atoms with van der Waals surface area (Å²) in [6.07, 6.45) is 0. The van der Waals surface area contributed by atoms with Crippen molar-refractivity contribution in [1.29, 1.82) is 0 Å². The van der Waals surface area contributed by atoms with Crippen LogP contribution >= 0.6 is 0 Å². The Bertz CT molecular complexity index is 925. The number of hydrogen-bond donors (Lipinski definition) is 2. The van der Waals surface area contributed by atoms with E-state index in [1.807, 2.05) is 0 Å². The van der Waals surface area contributed by atoms with Crippen LogP contribution in [0.4, 0.5) is 10.1 Å². The van der Waals surface area contributed by atoms with Crippen LogP contribution in [0.1, 0.15) is 10.4 Å². The van der Waals surface area contributed by atoms with Gasteiger partial charge in [0.15, 0.2) is 11.6 Å². The van der Waals surface area contributed by atoms with Gasteiger partial charge in [-0.05, 0) is 54.6 Å². The summed E-state index contributed by atoms with van der Waals surface area (Å²) in [5.41, 5.74) is 0.697. The first kappa shape index (κ1) is 17.3. The lowest BCUT2D eigenvalue weighted by atomic mass is 10.2. The van der Waals surface area contributed by atoms with Crippen LogP contribution in [0.2, 0.25) is 0 Å². The molecule has 26 heavy (non-hydrogen) atoms. The number of phenols is 1. The maximum atomic E-state index is 14.2. The van der Waals surface area contributed by atoms with Gasteiger partial charge in [0.1, 0.15) is 17.2 Å². The standard InChI is InChI=1S/C20H16FNO4/c1-25-17-4-2-3-13(11-17)20(24)22-14-5-10-19(18(21)12-14)26-16-8-6-15(23)7-9-16/h2-12,23H,1H3,(H,22,24). The number of rotatable bonds is 5. The zero-order valence-corrected chi connectivity index (χ0v) is 13.9. The van der Waals surface area contributed by atoms with E-state index in [9.17, 15) is 14.3 Å². The van der Waals surface area contributed by atoms with Crippen LogP contribution < -0.4 is 14.8 Å². The number of methoxy groups -OCH3 is 1. The van der Waals surface area contributed by atoms with Crippen LogP contribution in [0, 0.1) is 5.82 Å². The van der Waals surface area contributed by atoms with Gasteiger partial charge < -0.3 is 19.9 Å². The minimum atomic E-state index is -0.624. The fourth-order valence-electron chi connectivity index (χ4n) is 2.27. The van der Waals surface area contributed by atoms with Crippen molar-refractivity contribution in [3.05, 3.63) is 78.1 Å². The number of hydrogen-bond acceptors (Lipinski definition) is 4. The Morgan fingerprint density at radius 2 is 1.77 bits per heavy atom. The van der Waals surface area contributed by atoms with E-state index in [0.717, 1.165) is 0 Å². The molecule has 2 N–H and O–H groups in total. The van der Waals surface area contributed by atoms with E-state index < -0.39 is 5.82 Å². The number of amides is 1. The second-order valence-corrected chi connectivity index (χ2v) is 5.43. The number of carbonyl (C=O) groups is 1. The van der Waals surface area contributed by atoms with Crippen molar-refractivity contribution in [3.8, 4) is 23.0 Å². The van der Waals surface area contributed by atoms with Gasteiger partial charge in [0.25, 0.3) is 5.91 Å². The zero-order valence-electron chi connectivity index (χ0n) is 13.9. The molecular formula is C20H16FNO4. The SMILES string of the molecule is COc1cccc(C(=O)Nc2ccc(Oc3ccc(O)cc3)c(F)c2)c1. The Kier molecular flexibility index (Phi) is 5.03. The molecule has 0 bridgehead atoms. The third kappa shape index (κ3) is 4.10. The van der Waals surface area contributed by atoms with Crippen LogP contribution in [0.15, 0.2) is 66.7 Å². The minimum absolute atomic E-state index is 0.00932. The summed E-state index contributed by atoms with van der Waals surface area (Å²) in [5.74, 6) is 0.0388. The van der Waals surface area contributed by atoms with E-state index in [4.69, 9.17) is 9.47 Å². The monoisotopic (exact) mass is 353 g/mol. The number of aromatic hydroxyl groups is 1. The van der Waals surface area contributed by atoms with E-state index in [2.05, 4.69) is 5.32 Å². The molecule has 3 aromatic rings. The van der Waals surface area contributed by atoms with E-state index in [1.165, 1.54) is 49.6 Å². The maximum absolute atomic E-state index is 14.2. The number of carbonyl (C=O) groups excluding carboxylic acids is 1. The first-order valence-electron chi connectivity index (χ1n) is 7.77. The number of phenolic OH excluding ortho intramolecular Hbond substituents is 1. The van der Waals surface area contributed by atoms with Gasteiger partial charge in [-0.15, -0.1) is 0 Å². The molecule has 0 aliphatic carbocycles. The Hall–Kier alpha value is -3.54.